The van der Waals surface area contributed by atoms with E-state index < -0.39 is 0 Å². The number of H-pyrrole nitrogens is 1. The van der Waals surface area contributed by atoms with Gasteiger partial charge in [0.25, 0.3) is 0 Å². The summed E-state index contributed by atoms with van der Waals surface area (Å²) in [5, 5.41) is 0. The lowest BCUT2D eigenvalue weighted by molar-refractivity contribution is 0.0525. The van der Waals surface area contributed by atoms with Crippen molar-refractivity contribution in [3.8, 4) is 0 Å². The molecular formula is C18H28N2O3. The maximum atomic E-state index is 12.9. The lowest BCUT2D eigenvalue weighted by atomic mass is 10.0. The summed E-state index contributed by atoms with van der Waals surface area (Å²) in [6, 6.07) is -0.167. The van der Waals surface area contributed by atoms with Gasteiger partial charge in [-0.15, -0.1) is 0 Å². The Labute approximate surface area is 138 Å². The van der Waals surface area contributed by atoms with E-state index in [1.165, 1.54) is 12.8 Å². The SMILES string of the molecule is CCOC(=O)c1c(C)[nH]c(C(=O)[C@H](C)N2CCCCCC2)c1C. The van der Waals surface area contributed by atoms with Gasteiger partial charge in [-0.25, -0.2) is 4.79 Å². The highest BCUT2D eigenvalue weighted by Gasteiger charge is 2.28. The molecule has 1 fully saturated rings. The summed E-state index contributed by atoms with van der Waals surface area (Å²) in [4.78, 5) is 30.3. The second-order valence-corrected chi connectivity index (χ2v) is 6.34. The Morgan fingerprint density at radius 1 is 1.17 bits per heavy atom. The third-order valence-corrected chi connectivity index (χ3v) is 4.73. The number of nitrogens with one attached hydrogen (secondary N) is 1. The number of hydrogen-bond acceptors (Lipinski definition) is 4. The molecule has 2 heterocycles. The number of Topliss-reactive ketones (excluding diaryl/α,β-unsaturated/α-hetero) is 1. The molecule has 1 atom stereocenters. The zero-order valence-corrected chi connectivity index (χ0v) is 14.7. The van der Waals surface area contributed by atoms with E-state index in [9.17, 15) is 9.59 Å². The van der Waals surface area contributed by atoms with Gasteiger partial charge in [-0.05, 0) is 59.2 Å². The number of ketones is 1. The fourth-order valence-electron chi connectivity index (χ4n) is 3.36. The van der Waals surface area contributed by atoms with Gasteiger partial charge in [-0.2, -0.15) is 0 Å². The van der Waals surface area contributed by atoms with E-state index in [4.69, 9.17) is 4.74 Å². The normalized spacial score (nSPS) is 17.6. The molecule has 128 valence electrons. The lowest BCUT2D eigenvalue weighted by Crippen LogP contribution is -2.40. The highest BCUT2D eigenvalue weighted by atomic mass is 16.5. The van der Waals surface area contributed by atoms with Crippen molar-refractivity contribution in [1.29, 1.82) is 0 Å². The molecule has 1 N–H and O–H groups in total. The summed E-state index contributed by atoms with van der Waals surface area (Å²) in [5.74, 6) is -0.303. The van der Waals surface area contributed by atoms with E-state index in [1.54, 1.807) is 6.92 Å². The maximum Gasteiger partial charge on any atom is 0.340 e. The van der Waals surface area contributed by atoms with Crippen molar-refractivity contribution < 1.29 is 14.3 Å². The number of carbonyl (C=O) groups is 2. The fourth-order valence-corrected chi connectivity index (χ4v) is 3.36. The number of rotatable bonds is 5. The Bertz CT molecular complexity index is 569. The number of aromatic amines is 1. The minimum Gasteiger partial charge on any atom is -0.462 e. The lowest BCUT2D eigenvalue weighted by Gasteiger charge is -2.26. The quantitative estimate of drug-likeness (QED) is 0.668. The Morgan fingerprint density at radius 2 is 1.78 bits per heavy atom. The van der Waals surface area contributed by atoms with Crippen molar-refractivity contribution in [2.75, 3.05) is 19.7 Å². The molecule has 0 unspecified atom stereocenters. The molecule has 1 aliphatic rings. The van der Waals surface area contributed by atoms with Gasteiger partial charge in [0, 0.05) is 5.69 Å². The molecule has 0 saturated carbocycles. The Hall–Kier alpha value is -1.62. The van der Waals surface area contributed by atoms with Crippen LogP contribution in [0.3, 0.4) is 0 Å². The molecule has 1 saturated heterocycles. The molecule has 1 aromatic rings. The molecule has 0 aromatic carbocycles. The van der Waals surface area contributed by atoms with Crippen LogP contribution in [0.4, 0.5) is 0 Å². The van der Waals surface area contributed by atoms with E-state index in [0.717, 1.165) is 25.9 Å². The number of aromatic nitrogens is 1. The first-order chi connectivity index (χ1) is 11.0. The van der Waals surface area contributed by atoms with E-state index in [1.807, 2.05) is 20.8 Å². The first-order valence-electron chi connectivity index (χ1n) is 8.61. The van der Waals surface area contributed by atoms with Crippen LogP contribution in [0.25, 0.3) is 0 Å². The number of nitrogens with zero attached hydrogens (tertiary/aromatic N) is 1. The molecule has 0 aliphatic carbocycles. The summed E-state index contributed by atoms with van der Waals surface area (Å²) in [6.07, 6.45) is 4.78. The average Bonchev–Trinajstić information content (AvgIpc) is 2.72. The van der Waals surface area contributed by atoms with Crippen molar-refractivity contribution in [2.45, 2.75) is 59.4 Å². The van der Waals surface area contributed by atoms with Crippen molar-refractivity contribution >= 4 is 11.8 Å². The number of aryl methyl sites for hydroxylation is 1. The van der Waals surface area contributed by atoms with Gasteiger partial charge in [0.2, 0.25) is 0 Å². The minimum absolute atomic E-state index is 0.0584. The first-order valence-corrected chi connectivity index (χ1v) is 8.61. The Balaban J connectivity index is 2.22. The number of hydrogen-bond donors (Lipinski definition) is 1. The summed E-state index contributed by atoms with van der Waals surface area (Å²) in [5.41, 5.74) is 2.44. The van der Waals surface area contributed by atoms with Crippen LogP contribution in [0.15, 0.2) is 0 Å². The smallest absolute Gasteiger partial charge is 0.340 e. The second-order valence-electron chi connectivity index (χ2n) is 6.34. The molecule has 0 bridgehead atoms. The van der Waals surface area contributed by atoms with Crippen LogP contribution >= 0.6 is 0 Å². The van der Waals surface area contributed by atoms with Crippen LogP contribution in [0.2, 0.25) is 0 Å². The Kier molecular flexibility index (Phi) is 5.99. The molecule has 2 rings (SSSR count). The number of ether oxygens (including phenoxy) is 1. The van der Waals surface area contributed by atoms with Crippen LogP contribution in [0.1, 0.15) is 71.6 Å². The van der Waals surface area contributed by atoms with Gasteiger partial charge in [-0.1, -0.05) is 12.8 Å². The average molecular weight is 320 g/mol. The fraction of sp³-hybridized carbons (Fsp3) is 0.667. The standard InChI is InChI=1S/C18H28N2O3/c1-5-23-18(22)15-12(2)16(19-13(15)3)17(21)14(4)20-10-8-6-7-9-11-20/h14,19H,5-11H2,1-4H3/t14-/m0/s1. The van der Waals surface area contributed by atoms with Gasteiger partial charge in [0.05, 0.1) is 23.9 Å². The number of likely N-dealkylation sites (tertiary alicyclic amines) is 1. The van der Waals surface area contributed by atoms with Crippen LogP contribution < -0.4 is 0 Å². The molecular weight excluding hydrogens is 292 g/mol. The molecule has 5 nitrogen and oxygen atoms in total. The molecule has 0 radical (unpaired) electrons. The third kappa shape index (κ3) is 3.83. The van der Waals surface area contributed by atoms with Crippen molar-refractivity contribution in [3.05, 3.63) is 22.5 Å². The van der Waals surface area contributed by atoms with Gasteiger partial charge in [0.1, 0.15) is 0 Å². The van der Waals surface area contributed by atoms with Gasteiger partial charge >= 0.3 is 5.97 Å². The predicted octanol–water partition coefficient (Wildman–Crippen LogP) is 3.26. The highest BCUT2D eigenvalue weighted by molar-refractivity contribution is 6.03. The van der Waals surface area contributed by atoms with Gasteiger partial charge in [-0.3, -0.25) is 9.69 Å². The molecule has 5 heteroatoms. The molecule has 0 amide bonds. The first kappa shape index (κ1) is 17.7. The molecule has 0 spiro atoms. The van der Waals surface area contributed by atoms with Crippen molar-refractivity contribution in [3.63, 3.8) is 0 Å². The number of carbonyl (C=O) groups excluding carboxylic acids is 2. The van der Waals surface area contributed by atoms with Gasteiger partial charge < -0.3 is 9.72 Å². The molecule has 1 aromatic heterocycles. The van der Waals surface area contributed by atoms with Crippen molar-refractivity contribution in [1.82, 2.24) is 9.88 Å². The zero-order chi connectivity index (χ0) is 17.0. The van der Waals surface area contributed by atoms with E-state index in [0.29, 0.717) is 29.1 Å². The summed E-state index contributed by atoms with van der Waals surface area (Å²) < 4.78 is 5.10. The maximum absolute atomic E-state index is 12.9. The largest absolute Gasteiger partial charge is 0.462 e. The zero-order valence-electron chi connectivity index (χ0n) is 14.7. The van der Waals surface area contributed by atoms with Gasteiger partial charge in [0.15, 0.2) is 5.78 Å². The molecule has 23 heavy (non-hydrogen) atoms. The number of esters is 1. The highest BCUT2D eigenvalue weighted by Crippen LogP contribution is 2.22. The van der Waals surface area contributed by atoms with E-state index in [2.05, 4.69) is 9.88 Å². The third-order valence-electron chi connectivity index (χ3n) is 4.73. The molecule has 1 aliphatic heterocycles. The summed E-state index contributed by atoms with van der Waals surface area (Å²) >= 11 is 0. The summed E-state index contributed by atoms with van der Waals surface area (Å²) in [6.45, 7) is 9.64. The van der Waals surface area contributed by atoms with Crippen LogP contribution in [0, 0.1) is 13.8 Å². The van der Waals surface area contributed by atoms with Crippen LogP contribution in [0.5, 0.6) is 0 Å². The second kappa shape index (κ2) is 7.77. The van der Waals surface area contributed by atoms with E-state index in [-0.39, 0.29) is 17.8 Å². The van der Waals surface area contributed by atoms with E-state index >= 15 is 0 Å². The predicted molar refractivity (Wildman–Crippen MR) is 90.1 cm³/mol. The minimum atomic E-state index is -0.361. The summed E-state index contributed by atoms with van der Waals surface area (Å²) in [7, 11) is 0. The van der Waals surface area contributed by atoms with Crippen LogP contribution in [-0.4, -0.2) is 47.4 Å². The van der Waals surface area contributed by atoms with Crippen molar-refractivity contribution in [2.24, 2.45) is 0 Å². The monoisotopic (exact) mass is 320 g/mol. The Morgan fingerprint density at radius 3 is 2.35 bits per heavy atom. The van der Waals surface area contributed by atoms with Crippen LogP contribution in [-0.2, 0) is 4.74 Å². The topological polar surface area (TPSA) is 62.4 Å².